The first kappa shape index (κ1) is 8.76. The molecule has 0 amide bonds. The summed E-state index contributed by atoms with van der Waals surface area (Å²) < 4.78 is 0. The molecule has 0 bridgehead atoms. The summed E-state index contributed by atoms with van der Waals surface area (Å²) in [6.45, 7) is 2.21. The van der Waals surface area contributed by atoms with Crippen LogP contribution in [0, 0.1) is 0 Å². The summed E-state index contributed by atoms with van der Waals surface area (Å²) in [5, 5.41) is 0. The minimum atomic E-state index is 0.292. The number of rotatable bonds is 1. The van der Waals surface area contributed by atoms with Crippen molar-refractivity contribution in [3.8, 4) is 0 Å². The number of hydrogen-bond acceptors (Lipinski definition) is 1. The van der Waals surface area contributed by atoms with Crippen molar-refractivity contribution < 1.29 is 0 Å². The van der Waals surface area contributed by atoms with Crippen LogP contribution in [0.5, 0.6) is 0 Å². The fourth-order valence-corrected chi connectivity index (χ4v) is 2.33. The zero-order valence-corrected chi connectivity index (χ0v) is 8.22. The molecular formula is C12H17N. The molecule has 1 heteroatoms. The summed E-state index contributed by atoms with van der Waals surface area (Å²) in [6, 6.07) is 6.90. The van der Waals surface area contributed by atoms with Crippen LogP contribution >= 0.6 is 0 Å². The summed E-state index contributed by atoms with van der Waals surface area (Å²) in [5.41, 5.74) is 10.5. The standard InChI is InChI=1S/C12H17N/c1-2-9-5-3-6-10-7-4-8-11(13)12(9)10/h3,5-6,11H,2,4,7-8,13H2,1H3/t11-/m0/s1. The molecule has 0 aliphatic heterocycles. The van der Waals surface area contributed by atoms with Crippen LogP contribution in [0.1, 0.15) is 42.5 Å². The molecule has 0 spiro atoms. The van der Waals surface area contributed by atoms with E-state index in [1.54, 1.807) is 0 Å². The van der Waals surface area contributed by atoms with Crippen LogP contribution in [0.3, 0.4) is 0 Å². The second-order valence-electron chi connectivity index (χ2n) is 3.84. The molecule has 0 fully saturated rings. The van der Waals surface area contributed by atoms with Crippen LogP contribution in [0.15, 0.2) is 18.2 Å². The third-order valence-electron chi connectivity index (χ3n) is 3.00. The lowest BCUT2D eigenvalue weighted by molar-refractivity contribution is 0.565. The first-order valence-electron chi connectivity index (χ1n) is 5.19. The van der Waals surface area contributed by atoms with E-state index in [0.717, 1.165) is 12.8 Å². The molecule has 0 heterocycles. The van der Waals surface area contributed by atoms with Crippen LogP contribution in [0.25, 0.3) is 0 Å². The Morgan fingerprint density at radius 3 is 3.08 bits per heavy atom. The van der Waals surface area contributed by atoms with E-state index >= 15 is 0 Å². The topological polar surface area (TPSA) is 26.0 Å². The number of hydrogen-bond donors (Lipinski definition) is 1. The van der Waals surface area contributed by atoms with Crippen molar-refractivity contribution in [3.05, 3.63) is 34.9 Å². The molecule has 2 rings (SSSR count). The van der Waals surface area contributed by atoms with Crippen LogP contribution < -0.4 is 5.73 Å². The first-order valence-corrected chi connectivity index (χ1v) is 5.19. The summed E-state index contributed by atoms with van der Waals surface area (Å²) in [7, 11) is 0. The van der Waals surface area contributed by atoms with Gasteiger partial charge in [0.15, 0.2) is 0 Å². The fourth-order valence-electron chi connectivity index (χ4n) is 2.33. The third kappa shape index (κ3) is 1.49. The zero-order chi connectivity index (χ0) is 9.26. The van der Waals surface area contributed by atoms with Crippen LogP contribution in [-0.4, -0.2) is 0 Å². The average Bonchev–Trinajstić information content (AvgIpc) is 2.17. The van der Waals surface area contributed by atoms with Gasteiger partial charge in [0, 0.05) is 6.04 Å². The van der Waals surface area contributed by atoms with Gasteiger partial charge in [0.1, 0.15) is 0 Å². The molecule has 70 valence electrons. The quantitative estimate of drug-likeness (QED) is 0.697. The van der Waals surface area contributed by atoms with Crippen molar-refractivity contribution in [1.29, 1.82) is 0 Å². The minimum Gasteiger partial charge on any atom is -0.324 e. The first-order chi connectivity index (χ1) is 6.33. The molecule has 1 nitrogen and oxygen atoms in total. The molecule has 1 aliphatic rings. The van der Waals surface area contributed by atoms with E-state index in [4.69, 9.17) is 5.73 Å². The van der Waals surface area contributed by atoms with Gasteiger partial charge in [-0.2, -0.15) is 0 Å². The lowest BCUT2D eigenvalue weighted by Crippen LogP contribution is -2.19. The normalized spacial score (nSPS) is 21.2. The van der Waals surface area contributed by atoms with Crippen molar-refractivity contribution in [2.75, 3.05) is 0 Å². The fraction of sp³-hybridized carbons (Fsp3) is 0.500. The van der Waals surface area contributed by atoms with Gasteiger partial charge >= 0.3 is 0 Å². The smallest absolute Gasteiger partial charge is 0.0300 e. The number of aryl methyl sites for hydroxylation is 2. The third-order valence-corrected chi connectivity index (χ3v) is 3.00. The lowest BCUT2D eigenvalue weighted by atomic mass is 9.84. The van der Waals surface area contributed by atoms with E-state index in [0.29, 0.717) is 6.04 Å². The van der Waals surface area contributed by atoms with Gasteiger partial charge in [-0.15, -0.1) is 0 Å². The van der Waals surface area contributed by atoms with Crippen molar-refractivity contribution in [1.82, 2.24) is 0 Å². The monoisotopic (exact) mass is 175 g/mol. The largest absolute Gasteiger partial charge is 0.324 e. The van der Waals surface area contributed by atoms with Gasteiger partial charge in [-0.05, 0) is 42.4 Å². The summed E-state index contributed by atoms with van der Waals surface area (Å²) in [6.07, 6.45) is 4.74. The van der Waals surface area contributed by atoms with Gasteiger partial charge in [-0.1, -0.05) is 25.1 Å². The van der Waals surface area contributed by atoms with E-state index in [2.05, 4.69) is 25.1 Å². The van der Waals surface area contributed by atoms with Crippen molar-refractivity contribution in [3.63, 3.8) is 0 Å². The minimum absolute atomic E-state index is 0.292. The predicted octanol–water partition coefficient (Wildman–Crippen LogP) is 2.59. The molecule has 0 unspecified atom stereocenters. The number of benzene rings is 1. The Morgan fingerprint density at radius 2 is 2.31 bits per heavy atom. The molecule has 13 heavy (non-hydrogen) atoms. The Hall–Kier alpha value is -0.820. The SMILES string of the molecule is CCc1cccc2c1[C@@H](N)CCC2. The highest BCUT2D eigenvalue weighted by molar-refractivity contribution is 5.39. The van der Waals surface area contributed by atoms with Crippen LogP contribution in [-0.2, 0) is 12.8 Å². The second kappa shape index (κ2) is 3.51. The maximum atomic E-state index is 6.12. The Morgan fingerprint density at radius 1 is 1.46 bits per heavy atom. The summed E-state index contributed by atoms with van der Waals surface area (Å²) >= 11 is 0. The molecule has 1 aromatic carbocycles. The Kier molecular flexibility index (Phi) is 2.36. The summed E-state index contributed by atoms with van der Waals surface area (Å²) in [5.74, 6) is 0. The second-order valence-corrected chi connectivity index (χ2v) is 3.84. The van der Waals surface area contributed by atoms with E-state index in [9.17, 15) is 0 Å². The average molecular weight is 175 g/mol. The van der Waals surface area contributed by atoms with E-state index in [-0.39, 0.29) is 0 Å². The highest BCUT2D eigenvalue weighted by Crippen LogP contribution is 2.30. The molecule has 1 aliphatic carbocycles. The van der Waals surface area contributed by atoms with E-state index < -0.39 is 0 Å². The lowest BCUT2D eigenvalue weighted by Gasteiger charge is -2.24. The highest BCUT2D eigenvalue weighted by atomic mass is 14.6. The van der Waals surface area contributed by atoms with Gasteiger partial charge in [-0.25, -0.2) is 0 Å². The molecular weight excluding hydrogens is 158 g/mol. The summed E-state index contributed by atoms with van der Waals surface area (Å²) in [4.78, 5) is 0. The molecule has 0 radical (unpaired) electrons. The van der Waals surface area contributed by atoms with Gasteiger partial charge in [0.05, 0.1) is 0 Å². The molecule has 0 aromatic heterocycles. The maximum Gasteiger partial charge on any atom is 0.0300 e. The molecule has 0 saturated heterocycles. The van der Waals surface area contributed by atoms with Crippen molar-refractivity contribution in [2.24, 2.45) is 5.73 Å². The van der Waals surface area contributed by atoms with Gasteiger partial charge in [-0.3, -0.25) is 0 Å². The highest BCUT2D eigenvalue weighted by Gasteiger charge is 2.18. The predicted molar refractivity (Wildman–Crippen MR) is 55.7 cm³/mol. The van der Waals surface area contributed by atoms with Gasteiger partial charge < -0.3 is 5.73 Å². The molecule has 1 atom stereocenters. The van der Waals surface area contributed by atoms with Crippen molar-refractivity contribution >= 4 is 0 Å². The Balaban J connectivity index is 2.50. The Bertz CT molecular complexity index is 290. The molecule has 2 N–H and O–H groups in total. The van der Waals surface area contributed by atoms with Crippen LogP contribution in [0.4, 0.5) is 0 Å². The van der Waals surface area contributed by atoms with E-state index in [1.165, 1.54) is 29.5 Å². The molecule has 0 saturated carbocycles. The van der Waals surface area contributed by atoms with Crippen LogP contribution in [0.2, 0.25) is 0 Å². The zero-order valence-electron chi connectivity index (χ0n) is 8.22. The van der Waals surface area contributed by atoms with Gasteiger partial charge in [0.2, 0.25) is 0 Å². The van der Waals surface area contributed by atoms with E-state index in [1.807, 2.05) is 0 Å². The molecule has 1 aromatic rings. The van der Waals surface area contributed by atoms with Crippen molar-refractivity contribution in [2.45, 2.75) is 38.6 Å². The maximum absolute atomic E-state index is 6.12. The number of nitrogens with two attached hydrogens (primary N) is 1. The number of fused-ring (bicyclic) bond motifs is 1. The van der Waals surface area contributed by atoms with Gasteiger partial charge in [0.25, 0.3) is 0 Å². The Labute approximate surface area is 80.0 Å².